The first-order valence-corrected chi connectivity index (χ1v) is 16.8. The smallest absolute Gasteiger partial charge is 0.148 e. The maximum Gasteiger partial charge on any atom is 0.148 e. The molecule has 3 aromatic carbocycles. The van der Waals surface area contributed by atoms with Crippen LogP contribution in [0.3, 0.4) is 0 Å². The highest BCUT2D eigenvalue weighted by molar-refractivity contribution is 14.1. The molecule has 0 aliphatic heterocycles. The predicted molar refractivity (Wildman–Crippen MR) is 176 cm³/mol. The Kier molecular flexibility index (Phi) is 9.54. The molecule has 8 nitrogen and oxygen atoms in total. The first-order valence-electron chi connectivity index (χ1n) is 13.3. The summed E-state index contributed by atoms with van der Waals surface area (Å²) in [5.74, 6) is 1.70. The van der Waals surface area contributed by atoms with Crippen molar-refractivity contribution in [2.45, 2.75) is 13.2 Å². The summed E-state index contributed by atoms with van der Waals surface area (Å²) in [7, 11) is 0.758. The van der Waals surface area contributed by atoms with Crippen LogP contribution in [0.4, 0.5) is 15.8 Å². The van der Waals surface area contributed by atoms with Crippen LogP contribution in [0.2, 0.25) is 5.02 Å². The van der Waals surface area contributed by atoms with Crippen molar-refractivity contribution in [3.8, 4) is 17.1 Å². The summed E-state index contributed by atoms with van der Waals surface area (Å²) in [4.78, 5) is 3.91. The minimum atomic E-state index is -3.04. The summed E-state index contributed by atoms with van der Waals surface area (Å²) in [5, 5.41) is 9.83. The number of ether oxygens (including phenoxy) is 1. The summed E-state index contributed by atoms with van der Waals surface area (Å²) in [6.07, 6.45) is 2.94. The van der Waals surface area contributed by atoms with Crippen LogP contribution in [0.15, 0.2) is 77.3 Å². The van der Waals surface area contributed by atoms with Crippen LogP contribution >= 0.6 is 34.2 Å². The largest absolute Gasteiger partial charge is 0.487 e. The molecule has 2 heterocycles. The van der Waals surface area contributed by atoms with Gasteiger partial charge in [-0.05, 0) is 89.8 Å². The first kappa shape index (κ1) is 31.2. The van der Waals surface area contributed by atoms with Gasteiger partial charge < -0.3 is 14.1 Å². The Morgan fingerprint density at radius 3 is 2.63 bits per heavy atom. The molecule has 43 heavy (non-hydrogen) atoms. The molecule has 0 amide bonds. The van der Waals surface area contributed by atoms with Crippen molar-refractivity contribution in [2.75, 3.05) is 37.5 Å². The molecular formula is C31H29ClFIN4O4S. The van der Waals surface area contributed by atoms with E-state index in [2.05, 4.69) is 32.8 Å². The molecular weight excluding hydrogens is 706 g/mol. The Bertz CT molecular complexity index is 1890. The van der Waals surface area contributed by atoms with E-state index in [1.807, 2.05) is 66.4 Å². The molecule has 5 aromatic rings. The summed E-state index contributed by atoms with van der Waals surface area (Å²) >= 11 is 8.87. The Morgan fingerprint density at radius 1 is 1.05 bits per heavy atom. The van der Waals surface area contributed by atoms with E-state index in [4.69, 9.17) is 20.8 Å². The summed E-state index contributed by atoms with van der Waals surface area (Å²) in [5.41, 5.74) is 3.97. The average molecular weight is 735 g/mol. The van der Waals surface area contributed by atoms with Gasteiger partial charge in [0.25, 0.3) is 0 Å². The summed E-state index contributed by atoms with van der Waals surface area (Å²) < 4.78 is 49.5. The maximum atomic E-state index is 13.6. The second kappa shape index (κ2) is 13.2. The molecule has 2 aromatic heterocycles. The van der Waals surface area contributed by atoms with E-state index in [0.29, 0.717) is 35.2 Å². The van der Waals surface area contributed by atoms with Crippen LogP contribution < -0.4 is 9.64 Å². The number of anilines is 2. The normalized spacial score (nSPS) is 11.8. The summed E-state index contributed by atoms with van der Waals surface area (Å²) in [6, 6.07) is 19.6. The molecule has 0 atom stereocenters. The minimum absolute atomic E-state index is 0.0912. The van der Waals surface area contributed by atoms with E-state index in [-0.39, 0.29) is 18.2 Å². The number of furan rings is 1. The van der Waals surface area contributed by atoms with Crippen LogP contribution in [-0.2, 0) is 23.0 Å². The zero-order chi connectivity index (χ0) is 30.7. The van der Waals surface area contributed by atoms with Crippen molar-refractivity contribution in [3.05, 3.63) is 98.7 Å². The highest BCUT2D eigenvalue weighted by atomic mass is 127. The van der Waals surface area contributed by atoms with Gasteiger partial charge in [0.15, 0.2) is 0 Å². The van der Waals surface area contributed by atoms with Gasteiger partial charge in [-0.25, -0.2) is 12.8 Å². The molecule has 0 saturated heterocycles. The molecule has 0 unspecified atom stereocenters. The average Bonchev–Trinajstić information content (AvgIpc) is 3.43. The van der Waals surface area contributed by atoms with Crippen molar-refractivity contribution in [3.63, 3.8) is 0 Å². The van der Waals surface area contributed by atoms with Crippen LogP contribution in [0.25, 0.3) is 22.2 Å². The number of hydrogen-bond acceptors (Lipinski definition) is 8. The van der Waals surface area contributed by atoms with Crippen molar-refractivity contribution >= 4 is 66.3 Å². The zero-order valence-electron chi connectivity index (χ0n) is 23.7. The second-order valence-electron chi connectivity index (χ2n) is 10.3. The summed E-state index contributed by atoms with van der Waals surface area (Å²) in [6.45, 7) is 1.10. The van der Waals surface area contributed by atoms with Crippen molar-refractivity contribution in [1.82, 2.24) is 15.1 Å². The van der Waals surface area contributed by atoms with E-state index in [9.17, 15) is 12.8 Å². The number of hydrogen-bond donors (Lipinski definition) is 0. The third-order valence-corrected chi connectivity index (χ3v) is 8.92. The Balaban J connectivity index is 1.37. The lowest BCUT2D eigenvalue weighted by Gasteiger charge is -2.23. The third-order valence-electron chi connectivity index (χ3n) is 6.84. The second-order valence-corrected chi connectivity index (χ2v) is 14.1. The van der Waals surface area contributed by atoms with Crippen LogP contribution in [0.1, 0.15) is 11.3 Å². The van der Waals surface area contributed by atoms with E-state index >= 15 is 0 Å². The zero-order valence-corrected chi connectivity index (χ0v) is 27.5. The van der Waals surface area contributed by atoms with Gasteiger partial charge >= 0.3 is 0 Å². The molecule has 5 rings (SSSR count). The van der Waals surface area contributed by atoms with Gasteiger partial charge in [-0.2, -0.15) is 10.2 Å². The van der Waals surface area contributed by atoms with Gasteiger partial charge in [0, 0.05) is 34.4 Å². The number of sulfone groups is 1. The van der Waals surface area contributed by atoms with Gasteiger partial charge in [0.1, 0.15) is 39.5 Å². The lowest BCUT2D eigenvalue weighted by atomic mass is 10.1. The highest BCUT2D eigenvalue weighted by Crippen LogP contribution is 2.39. The maximum absolute atomic E-state index is 13.6. The van der Waals surface area contributed by atoms with Gasteiger partial charge in [-0.3, -0.25) is 4.90 Å². The number of aromatic nitrogens is 2. The molecule has 0 aliphatic carbocycles. The number of fused-ring (bicyclic) bond motifs is 1. The van der Waals surface area contributed by atoms with E-state index in [0.717, 1.165) is 37.2 Å². The fourth-order valence-corrected chi connectivity index (χ4v) is 6.21. The Labute approximate surface area is 268 Å². The molecule has 12 heteroatoms. The van der Waals surface area contributed by atoms with Crippen molar-refractivity contribution in [1.29, 1.82) is 0 Å². The molecule has 0 spiro atoms. The third kappa shape index (κ3) is 7.83. The molecule has 0 radical (unpaired) electrons. The first-order chi connectivity index (χ1) is 20.5. The molecule has 0 fully saturated rings. The molecule has 0 N–H and O–H groups in total. The van der Waals surface area contributed by atoms with Gasteiger partial charge in [0.2, 0.25) is 0 Å². The fraction of sp³-hybridized carbons (Fsp3) is 0.226. The Hall–Kier alpha value is -3.26. The Morgan fingerprint density at radius 2 is 1.86 bits per heavy atom. The van der Waals surface area contributed by atoms with E-state index in [1.54, 1.807) is 18.3 Å². The molecule has 0 bridgehead atoms. The number of halogens is 3. The molecule has 0 saturated carbocycles. The lowest BCUT2D eigenvalue weighted by molar-refractivity contribution is 0.305. The predicted octanol–water partition coefficient (Wildman–Crippen LogP) is 7.11. The number of rotatable bonds is 11. The SMILES string of the molecule is CN(CCS(C)(=O)=O)Cc1ccc(-c2ccc3nncc(N(C)c4cc(Cl)c(OCc5cccc(F)c5)cc4I)c3c2)o1. The molecule has 224 valence electrons. The monoisotopic (exact) mass is 734 g/mol. The quantitative estimate of drug-likeness (QED) is 0.133. The van der Waals surface area contributed by atoms with Crippen LogP contribution in [-0.4, -0.2) is 56.2 Å². The number of benzene rings is 3. The van der Waals surface area contributed by atoms with E-state index in [1.165, 1.54) is 18.4 Å². The highest BCUT2D eigenvalue weighted by Gasteiger charge is 2.17. The van der Waals surface area contributed by atoms with Crippen molar-refractivity contribution < 1.29 is 22.0 Å². The van der Waals surface area contributed by atoms with Crippen LogP contribution in [0, 0.1) is 9.39 Å². The minimum Gasteiger partial charge on any atom is -0.487 e. The van der Waals surface area contributed by atoms with Gasteiger partial charge in [-0.15, -0.1) is 0 Å². The fourth-order valence-electron chi connectivity index (χ4n) is 4.55. The lowest BCUT2D eigenvalue weighted by Crippen LogP contribution is -2.24. The van der Waals surface area contributed by atoms with Gasteiger partial charge in [-0.1, -0.05) is 23.7 Å². The van der Waals surface area contributed by atoms with Crippen LogP contribution in [0.5, 0.6) is 5.75 Å². The number of nitrogens with zero attached hydrogens (tertiary/aromatic N) is 4. The van der Waals surface area contributed by atoms with Gasteiger partial charge in [0.05, 0.1) is 40.4 Å². The topological polar surface area (TPSA) is 88.8 Å². The molecule has 0 aliphatic rings. The standard InChI is InChI=1S/C31H29ClFIN4O4S/c1-37(11-12-43(3,39)40)18-23-8-10-30(42-23)21-7-9-27-24(14-21)29(17-35-36-27)38(2)28-15-25(32)31(16-26(28)34)41-19-20-5-4-6-22(33)13-20/h4-10,13-17H,11-12,18-19H2,1-3H3. The van der Waals surface area contributed by atoms with E-state index < -0.39 is 9.84 Å². The van der Waals surface area contributed by atoms with Crippen molar-refractivity contribution in [2.24, 2.45) is 0 Å².